The summed E-state index contributed by atoms with van der Waals surface area (Å²) in [5.41, 5.74) is 3.73. The summed E-state index contributed by atoms with van der Waals surface area (Å²) in [6, 6.07) is 19.3. The van der Waals surface area contributed by atoms with Crippen LogP contribution in [0.1, 0.15) is 44.2 Å². The van der Waals surface area contributed by atoms with Crippen LogP contribution in [0.25, 0.3) is 0 Å². The number of benzene rings is 2. The topological polar surface area (TPSA) is 24.1 Å². The Morgan fingerprint density at radius 1 is 0.957 bits per heavy atom. The van der Waals surface area contributed by atoms with Gasteiger partial charge < -0.3 is 10.6 Å². The van der Waals surface area contributed by atoms with Gasteiger partial charge in [0.15, 0.2) is 5.11 Å². The van der Waals surface area contributed by atoms with E-state index in [4.69, 9.17) is 12.2 Å². The Labute approximate surface area is 145 Å². The average Bonchev–Trinajstić information content (AvgIpc) is 2.54. The molecule has 0 fully saturated rings. The number of hydrogen-bond acceptors (Lipinski definition) is 1. The summed E-state index contributed by atoms with van der Waals surface area (Å²) in [5.74, 6) is 0.548. The molecule has 2 rings (SSSR count). The fraction of sp³-hybridized carbons (Fsp3) is 0.350. The number of hydrogen-bond donors (Lipinski definition) is 2. The zero-order chi connectivity index (χ0) is 16.7. The molecular formula is C20H26N2S. The van der Waals surface area contributed by atoms with Gasteiger partial charge in [0.1, 0.15) is 0 Å². The van der Waals surface area contributed by atoms with Gasteiger partial charge >= 0.3 is 0 Å². The van der Waals surface area contributed by atoms with Crippen molar-refractivity contribution in [2.24, 2.45) is 0 Å². The highest BCUT2D eigenvalue weighted by molar-refractivity contribution is 7.80. The second-order valence-electron chi connectivity index (χ2n) is 6.30. The lowest BCUT2D eigenvalue weighted by molar-refractivity contribution is 0.609. The molecule has 1 atom stereocenters. The zero-order valence-electron chi connectivity index (χ0n) is 14.2. The highest BCUT2D eigenvalue weighted by Crippen LogP contribution is 2.17. The van der Waals surface area contributed by atoms with E-state index >= 15 is 0 Å². The van der Waals surface area contributed by atoms with Crippen LogP contribution < -0.4 is 10.6 Å². The van der Waals surface area contributed by atoms with Gasteiger partial charge in [-0.25, -0.2) is 0 Å². The number of anilines is 1. The Kier molecular flexibility index (Phi) is 6.60. The van der Waals surface area contributed by atoms with Gasteiger partial charge in [-0.05, 0) is 61.2 Å². The van der Waals surface area contributed by atoms with Gasteiger partial charge in [-0.3, -0.25) is 0 Å². The Morgan fingerprint density at radius 3 is 2.22 bits per heavy atom. The van der Waals surface area contributed by atoms with E-state index in [1.807, 2.05) is 0 Å². The molecule has 0 aliphatic heterocycles. The minimum atomic E-state index is 0.338. The standard InChI is InChI=1S/C20H26N2S/c1-15(2)18-11-13-19(14-12-18)22-20(23)21-16(3)9-10-17-7-5-4-6-8-17/h4-8,11-16H,9-10H2,1-3H3,(H2,21,22,23)/t16-/m1/s1. The van der Waals surface area contributed by atoms with Crippen LogP contribution in [0, 0.1) is 0 Å². The molecule has 2 N–H and O–H groups in total. The van der Waals surface area contributed by atoms with Crippen LogP contribution in [0.2, 0.25) is 0 Å². The molecule has 0 aromatic heterocycles. The molecule has 2 aromatic rings. The van der Waals surface area contributed by atoms with E-state index < -0.39 is 0 Å². The fourth-order valence-corrected chi connectivity index (χ4v) is 2.76. The van der Waals surface area contributed by atoms with Crippen LogP contribution in [-0.4, -0.2) is 11.2 Å². The van der Waals surface area contributed by atoms with Crippen molar-refractivity contribution in [1.82, 2.24) is 5.32 Å². The van der Waals surface area contributed by atoms with E-state index in [0.29, 0.717) is 17.1 Å². The highest BCUT2D eigenvalue weighted by atomic mass is 32.1. The highest BCUT2D eigenvalue weighted by Gasteiger charge is 2.05. The molecular weight excluding hydrogens is 300 g/mol. The smallest absolute Gasteiger partial charge is 0.170 e. The Morgan fingerprint density at radius 2 is 1.61 bits per heavy atom. The summed E-state index contributed by atoms with van der Waals surface area (Å²) in [5, 5.41) is 7.30. The molecule has 0 aliphatic carbocycles. The van der Waals surface area contributed by atoms with Gasteiger partial charge in [-0.1, -0.05) is 56.3 Å². The molecule has 0 bridgehead atoms. The molecule has 0 aliphatic rings. The van der Waals surface area contributed by atoms with Crippen molar-refractivity contribution in [2.75, 3.05) is 5.32 Å². The van der Waals surface area contributed by atoms with Gasteiger partial charge in [0.05, 0.1) is 0 Å². The molecule has 0 spiro atoms. The van der Waals surface area contributed by atoms with E-state index in [1.165, 1.54) is 11.1 Å². The maximum Gasteiger partial charge on any atom is 0.170 e. The minimum absolute atomic E-state index is 0.338. The summed E-state index contributed by atoms with van der Waals surface area (Å²) in [6.07, 6.45) is 2.11. The Hall–Kier alpha value is -1.87. The first kappa shape index (κ1) is 17.5. The van der Waals surface area contributed by atoms with E-state index in [9.17, 15) is 0 Å². The Balaban J connectivity index is 1.77. The van der Waals surface area contributed by atoms with Crippen molar-refractivity contribution in [3.05, 3.63) is 65.7 Å². The maximum absolute atomic E-state index is 5.41. The third-order valence-corrected chi connectivity index (χ3v) is 4.14. The van der Waals surface area contributed by atoms with Crippen LogP contribution in [0.3, 0.4) is 0 Å². The lowest BCUT2D eigenvalue weighted by Gasteiger charge is -2.17. The first-order valence-electron chi connectivity index (χ1n) is 8.26. The lowest BCUT2D eigenvalue weighted by Crippen LogP contribution is -2.36. The molecule has 122 valence electrons. The monoisotopic (exact) mass is 326 g/mol. The first-order valence-corrected chi connectivity index (χ1v) is 8.67. The lowest BCUT2D eigenvalue weighted by atomic mass is 10.0. The quantitative estimate of drug-likeness (QED) is 0.721. The molecule has 23 heavy (non-hydrogen) atoms. The van der Waals surface area contributed by atoms with Gasteiger partial charge in [0, 0.05) is 11.7 Å². The van der Waals surface area contributed by atoms with Gasteiger partial charge in [0.2, 0.25) is 0 Å². The molecule has 2 nitrogen and oxygen atoms in total. The first-order chi connectivity index (χ1) is 11.0. The summed E-state index contributed by atoms with van der Waals surface area (Å²) in [7, 11) is 0. The summed E-state index contributed by atoms with van der Waals surface area (Å²) in [4.78, 5) is 0. The molecule has 0 saturated heterocycles. The van der Waals surface area contributed by atoms with Crippen LogP contribution in [0.15, 0.2) is 54.6 Å². The van der Waals surface area contributed by atoms with Crippen LogP contribution >= 0.6 is 12.2 Å². The molecule has 2 aromatic carbocycles. The van der Waals surface area contributed by atoms with E-state index in [0.717, 1.165) is 18.5 Å². The largest absolute Gasteiger partial charge is 0.360 e. The fourth-order valence-electron chi connectivity index (χ4n) is 2.44. The normalized spacial score (nSPS) is 12.0. The minimum Gasteiger partial charge on any atom is -0.360 e. The third-order valence-electron chi connectivity index (χ3n) is 3.92. The number of thiocarbonyl (C=S) groups is 1. The summed E-state index contributed by atoms with van der Waals surface area (Å²) in [6.45, 7) is 6.56. The summed E-state index contributed by atoms with van der Waals surface area (Å²) < 4.78 is 0. The second kappa shape index (κ2) is 8.68. The molecule has 0 saturated carbocycles. The number of nitrogens with one attached hydrogen (secondary N) is 2. The van der Waals surface area contributed by atoms with E-state index in [2.05, 4.69) is 86.0 Å². The molecule has 0 unspecified atom stereocenters. The molecule has 0 amide bonds. The zero-order valence-corrected chi connectivity index (χ0v) is 15.0. The molecule has 0 heterocycles. The molecule has 3 heteroatoms. The second-order valence-corrected chi connectivity index (χ2v) is 6.71. The van der Waals surface area contributed by atoms with Crippen molar-refractivity contribution in [3.8, 4) is 0 Å². The summed E-state index contributed by atoms with van der Waals surface area (Å²) >= 11 is 5.41. The predicted octanol–water partition coefficient (Wildman–Crippen LogP) is 5.12. The van der Waals surface area contributed by atoms with Crippen LogP contribution in [0.4, 0.5) is 5.69 Å². The van der Waals surface area contributed by atoms with Crippen LogP contribution in [0.5, 0.6) is 0 Å². The van der Waals surface area contributed by atoms with Crippen molar-refractivity contribution in [3.63, 3.8) is 0 Å². The van der Waals surface area contributed by atoms with Crippen molar-refractivity contribution < 1.29 is 0 Å². The van der Waals surface area contributed by atoms with Crippen molar-refractivity contribution in [2.45, 2.75) is 45.6 Å². The van der Waals surface area contributed by atoms with Crippen LogP contribution in [-0.2, 0) is 6.42 Å². The third kappa shape index (κ3) is 6.03. The SMILES string of the molecule is CC(C)c1ccc(NC(=S)N[C@H](C)CCc2ccccc2)cc1. The van der Waals surface area contributed by atoms with Gasteiger partial charge in [-0.2, -0.15) is 0 Å². The van der Waals surface area contributed by atoms with Gasteiger partial charge in [-0.15, -0.1) is 0 Å². The maximum atomic E-state index is 5.41. The predicted molar refractivity (Wildman–Crippen MR) is 104 cm³/mol. The van der Waals surface area contributed by atoms with E-state index in [1.54, 1.807) is 0 Å². The Bertz CT molecular complexity index is 605. The number of rotatable bonds is 6. The number of aryl methyl sites for hydroxylation is 1. The average molecular weight is 327 g/mol. The van der Waals surface area contributed by atoms with E-state index in [-0.39, 0.29) is 0 Å². The van der Waals surface area contributed by atoms with Crippen molar-refractivity contribution >= 4 is 23.0 Å². The van der Waals surface area contributed by atoms with Crippen molar-refractivity contribution in [1.29, 1.82) is 0 Å². The van der Waals surface area contributed by atoms with Gasteiger partial charge in [0.25, 0.3) is 0 Å². The molecule has 0 radical (unpaired) electrons.